The highest BCUT2D eigenvalue weighted by molar-refractivity contribution is 8.18. The molecule has 6 heteroatoms. The van der Waals surface area contributed by atoms with Gasteiger partial charge in [-0.05, 0) is 66.4 Å². The van der Waals surface area contributed by atoms with Gasteiger partial charge in [-0.15, -0.1) is 0 Å². The fourth-order valence-electron chi connectivity index (χ4n) is 3.15. The molecule has 0 bridgehead atoms. The third-order valence-electron chi connectivity index (χ3n) is 4.62. The van der Waals surface area contributed by atoms with Crippen molar-refractivity contribution < 1.29 is 9.53 Å². The summed E-state index contributed by atoms with van der Waals surface area (Å²) in [5.41, 5.74) is 2.58. The summed E-state index contributed by atoms with van der Waals surface area (Å²) >= 11 is 7.49. The van der Waals surface area contributed by atoms with Crippen LogP contribution in [-0.4, -0.2) is 17.7 Å². The van der Waals surface area contributed by atoms with Crippen molar-refractivity contribution in [1.82, 2.24) is 5.32 Å². The highest BCUT2D eigenvalue weighted by Gasteiger charge is 2.24. The zero-order valence-corrected chi connectivity index (χ0v) is 17.6. The first-order valence-electron chi connectivity index (χ1n) is 9.26. The number of thioether (sulfide) groups is 1. The molecular formula is C23H19ClN2O2S. The van der Waals surface area contributed by atoms with Gasteiger partial charge in [0.25, 0.3) is 5.91 Å². The minimum atomic E-state index is -0.161. The molecule has 3 aromatic carbocycles. The average molecular weight is 423 g/mol. The molecule has 4 rings (SSSR count). The van der Waals surface area contributed by atoms with Crippen molar-refractivity contribution in [2.24, 2.45) is 4.99 Å². The summed E-state index contributed by atoms with van der Waals surface area (Å²) in [6.45, 7) is 4.48. The molecule has 0 saturated carbocycles. The molecule has 0 atom stereocenters. The molecule has 146 valence electrons. The summed E-state index contributed by atoms with van der Waals surface area (Å²) in [6.07, 6.45) is 1.89. The molecule has 1 amide bonds. The van der Waals surface area contributed by atoms with Gasteiger partial charge in [0.05, 0.1) is 17.2 Å². The number of hydrogen-bond donors (Lipinski definition) is 1. The quantitative estimate of drug-likeness (QED) is 0.517. The molecule has 4 nitrogen and oxygen atoms in total. The molecule has 1 fully saturated rings. The number of amides is 1. The first-order valence-corrected chi connectivity index (χ1v) is 10.5. The van der Waals surface area contributed by atoms with Crippen LogP contribution in [0, 0.1) is 6.92 Å². The number of hydrogen-bond acceptors (Lipinski definition) is 4. The van der Waals surface area contributed by atoms with Crippen molar-refractivity contribution in [1.29, 1.82) is 0 Å². The topological polar surface area (TPSA) is 50.7 Å². The number of carbonyl (C=O) groups is 1. The maximum absolute atomic E-state index is 12.5. The van der Waals surface area contributed by atoms with Crippen molar-refractivity contribution in [3.05, 3.63) is 75.7 Å². The largest absolute Gasteiger partial charge is 0.493 e. The van der Waals surface area contributed by atoms with E-state index in [2.05, 4.69) is 10.3 Å². The summed E-state index contributed by atoms with van der Waals surface area (Å²) in [5, 5.41) is 6.09. The lowest BCUT2D eigenvalue weighted by molar-refractivity contribution is -0.115. The first kappa shape index (κ1) is 19.6. The number of ether oxygens (including phenoxy) is 1. The fourth-order valence-corrected chi connectivity index (χ4v) is 4.15. The van der Waals surface area contributed by atoms with Gasteiger partial charge in [-0.3, -0.25) is 4.79 Å². The maximum Gasteiger partial charge on any atom is 0.264 e. The number of nitrogens with zero attached hydrogens (tertiary/aromatic N) is 1. The lowest BCUT2D eigenvalue weighted by Gasteiger charge is -2.09. The van der Waals surface area contributed by atoms with Crippen LogP contribution in [0.5, 0.6) is 5.75 Å². The van der Waals surface area contributed by atoms with E-state index in [0.717, 1.165) is 33.3 Å². The van der Waals surface area contributed by atoms with Gasteiger partial charge in [0.15, 0.2) is 5.17 Å². The van der Waals surface area contributed by atoms with Crippen molar-refractivity contribution in [3.63, 3.8) is 0 Å². The van der Waals surface area contributed by atoms with Gasteiger partial charge in [0.2, 0.25) is 0 Å². The van der Waals surface area contributed by atoms with E-state index in [9.17, 15) is 4.79 Å². The van der Waals surface area contributed by atoms with Gasteiger partial charge in [-0.2, -0.15) is 0 Å². The second kappa shape index (κ2) is 8.31. The highest BCUT2D eigenvalue weighted by atomic mass is 35.5. The number of benzene rings is 3. The Kier molecular flexibility index (Phi) is 5.60. The van der Waals surface area contributed by atoms with E-state index < -0.39 is 0 Å². The Hall–Kier alpha value is -2.76. The molecule has 0 radical (unpaired) electrons. The summed E-state index contributed by atoms with van der Waals surface area (Å²) in [5.74, 6) is 0.679. The summed E-state index contributed by atoms with van der Waals surface area (Å²) in [4.78, 5) is 17.7. The van der Waals surface area contributed by atoms with Crippen LogP contribution in [0.1, 0.15) is 18.1 Å². The molecule has 0 aromatic heterocycles. The normalized spacial score (nSPS) is 16.6. The molecule has 0 spiro atoms. The number of rotatable bonds is 4. The SMILES string of the molecule is CCOc1ccc(/C=C2/SC(=Nc3cccc(Cl)c3C)NC2=O)c2ccccc12. The van der Waals surface area contributed by atoms with Crippen LogP contribution in [-0.2, 0) is 4.79 Å². The summed E-state index contributed by atoms with van der Waals surface area (Å²) in [6, 6.07) is 17.5. The molecule has 1 heterocycles. The zero-order chi connectivity index (χ0) is 20.4. The van der Waals surface area contributed by atoms with Gasteiger partial charge < -0.3 is 10.1 Å². The third kappa shape index (κ3) is 4.02. The highest BCUT2D eigenvalue weighted by Crippen LogP contribution is 2.34. The Bertz CT molecular complexity index is 1170. The van der Waals surface area contributed by atoms with Crippen LogP contribution in [0.25, 0.3) is 16.8 Å². The maximum atomic E-state index is 12.5. The minimum absolute atomic E-state index is 0.161. The average Bonchev–Trinajstić information content (AvgIpc) is 3.06. The van der Waals surface area contributed by atoms with Crippen LogP contribution >= 0.6 is 23.4 Å². The van der Waals surface area contributed by atoms with Gasteiger partial charge >= 0.3 is 0 Å². The second-order valence-corrected chi connectivity index (χ2v) is 7.94. The predicted molar refractivity (Wildman–Crippen MR) is 122 cm³/mol. The van der Waals surface area contributed by atoms with Crippen LogP contribution in [0.3, 0.4) is 0 Å². The van der Waals surface area contributed by atoms with Crippen molar-refractivity contribution >= 4 is 57.0 Å². The van der Waals surface area contributed by atoms with Crippen LogP contribution in [0.4, 0.5) is 5.69 Å². The molecule has 1 aliphatic rings. The van der Waals surface area contributed by atoms with E-state index in [0.29, 0.717) is 21.7 Å². The minimum Gasteiger partial charge on any atom is -0.493 e. The molecule has 1 saturated heterocycles. The van der Waals surface area contributed by atoms with Crippen LogP contribution in [0.15, 0.2) is 64.5 Å². The molecular weight excluding hydrogens is 404 g/mol. The monoisotopic (exact) mass is 422 g/mol. The van der Waals surface area contributed by atoms with Crippen molar-refractivity contribution in [2.75, 3.05) is 6.61 Å². The standard InChI is InChI=1S/C23H19ClN2O2S/c1-3-28-20-12-11-15(16-7-4-5-8-17(16)20)13-21-22(27)26-23(29-21)25-19-10-6-9-18(24)14(19)2/h4-13H,3H2,1-2H3,(H,25,26,27)/b21-13+. The number of nitrogens with one attached hydrogen (secondary N) is 1. The van der Waals surface area contributed by atoms with Gasteiger partial charge in [0.1, 0.15) is 5.75 Å². The van der Waals surface area contributed by atoms with E-state index >= 15 is 0 Å². The van der Waals surface area contributed by atoms with Crippen molar-refractivity contribution in [3.8, 4) is 5.75 Å². The van der Waals surface area contributed by atoms with Crippen LogP contribution < -0.4 is 10.1 Å². The van der Waals surface area contributed by atoms with Gasteiger partial charge in [0, 0.05) is 10.4 Å². The van der Waals surface area contributed by atoms with Crippen molar-refractivity contribution in [2.45, 2.75) is 13.8 Å². The van der Waals surface area contributed by atoms with Crippen LogP contribution in [0.2, 0.25) is 5.02 Å². The molecule has 0 aliphatic carbocycles. The Morgan fingerprint density at radius 2 is 1.90 bits per heavy atom. The lowest BCUT2D eigenvalue weighted by Crippen LogP contribution is -2.19. The first-order chi connectivity index (χ1) is 14.1. The number of halogens is 1. The molecule has 3 aromatic rings. The second-order valence-electron chi connectivity index (χ2n) is 6.50. The zero-order valence-electron chi connectivity index (χ0n) is 16.0. The molecule has 29 heavy (non-hydrogen) atoms. The lowest BCUT2D eigenvalue weighted by atomic mass is 10.0. The van der Waals surface area contributed by atoms with E-state index in [1.807, 2.05) is 74.5 Å². The number of carbonyl (C=O) groups excluding carboxylic acids is 1. The van der Waals surface area contributed by atoms with Gasteiger partial charge in [-0.1, -0.05) is 48.0 Å². The smallest absolute Gasteiger partial charge is 0.264 e. The van der Waals surface area contributed by atoms with E-state index in [-0.39, 0.29) is 5.91 Å². The number of fused-ring (bicyclic) bond motifs is 1. The summed E-state index contributed by atoms with van der Waals surface area (Å²) in [7, 11) is 0. The van der Waals surface area contributed by atoms with Gasteiger partial charge in [-0.25, -0.2) is 4.99 Å². The van der Waals surface area contributed by atoms with E-state index in [1.165, 1.54) is 11.8 Å². The number of aliphatic imine (C=N–C) groups is 1. The Morgan fingerprint density at radius 3 is 2.69 bits per heavy atom. The molecule has 1 aliphatic heterocycles. The third-order valence-corrected chi connectivity index (χ3v) is 5.94. The molecule has 0 unspecified atom stereocenters. The Balaban J connectivity index is 1.69. The Morgan fingerprint density at radius 1 is 1.10 bits per heavy atom. The number of amidine groups is 1. The Labute approximate surface area is 178 Å². The summed E-state index contributed by atoms with van der Waals surface area (Å²) < 4.78 is 5.73. The van der Waals surface area contributed by atoms with E-state index in [4.69, 9.17) is 16.3 Å². The van der Waals surface area contributed by atoms with E-state index in [1.54, 1.807) is 0 Å². The predicted octanol–water partition coefficient (Wildman–Crippen LogP) is 6.09. The fraction of sp³-hybridized carbons (Fsp3) is 0.130. The molecule has 1 N–H and O–H groups in total.